The molecule has 1 aromatic carbocycles. The van der Waals surface area contributed by atoms with E-state index in [2.05, 4.69) is 10.6 Å². The molecule has 0 radical (unpaired) electrons. The molecule has 1 amide bonds. The second kappa shape index (κ2) is 6.09. The van der Waals surface area contributed by atoms with Gasteiger partial charge in [0.15, 0.2) is 0 Å². The molecule has 1 atom stereocenters. The lowest BCUT2D eigenvalue weighted by Crippen LogP contribution is -2.37. The highest BCUT2D eigenvalue weighted by atomic mass is 32.2. The molecule has 0 heterocycles. The summed E-state index contributed by atoms with van der Waals surface area (Å²) >= 11 is 0. The SMILES string of the molecule is CNC(C)CNC(=O)c1ccc(S(N)(=O)=O)c(F)c1. The number of rotatable bonds is 5. The number of sulfonamides is 1. The third kappa shape index (κ3) is 4.27. The Hall–Kier alpha value is -1.51. The number of primary sulfonamides is 1. The van der Waals surface area contributed by atoms with Gasteiger partial charge >= 0.3 is 0 Å². The van der Waals surface area contributed by atoms with Crippen molar-refractivity contribution >= 4 is 15.9 Å². The van der Waals surface area contributed by atoms with Crippen LogP contribution in [0.15, 0.2) is 23.1 Å². The van der Waals surface area contributed by atoms with E-state index in [0.717, 1.165) is 12.1 Å². The van der Waals surface area contributed by atoms with Crippen LogP contribution in [-0.2, 0) is 10.0 Å². The number of likely N-dealkylation sites (N-methyl/N-ethyl adjacent to an activating group) is 1. The van der Waals surface area contributed by atoms with E-state index in [4.69, 9.17) is 5.14 Å². The number of carbonyl (C=O) groups excluding carboxylic acids is 1. The van der Waals surface area contributed by atoms with Gasteiger partial charge in [-0.25, -0.2) is 17.9 Å². The maximum atomic E-state index is 13.5. The van der Waals surface area contributed by atoms with Gasteiger partial charge in [-0.3, -0.25) is 4.79 Å². The molecule has 0 bridgehead atoms. The average molecular weight is 289 g/mol. The van der Waals surface area contributed by atoms with Crippen LogP contribution in [0.1, 0.15) is 17.3 Å². The zero-order valence-corrected chi connectivity index (χ0v) is 11.4. The summed E-state index contributed by atoms with van der Waals surface area (Å²) in [4.78, 5) is 11.1. The van der Waals surface area contributed by atoms with Crippen LogP contribution in [0.2, 0.25) is 0 Å². The lowest BCUT2D eigenvalue weighted by Gasteiger charge is -2.11. The highest BCUT2D eigenvalue weighted by Gasteiger charge is 2.16. The smallest absolute Gasteiger partial charge is 0.251 e. The minimum Gasteiger partial charge on any atom is -0.350 e. The van der Waals surface area contributed by atoms with E-state index >= 15 is 0 Å². The number of nitrogens with two attached hydrogens (primary N) is 1. The molecule has 0 aliphatic heterocycles. The van der Waals surface area contributed by atoms with Crippen molar-refractivity contribution in [3.05, 3.63) is 29.6 Å². The Morgan fingerprint density at radius 1 is 1.47 bits per heavy atom. The Morgan fingerprint density at radius 3 is 2.58 bits per heavy atom. The molecule has 0 aliphatic rings. The van der Waals surface area contributed by atoms with E-state index in [-0.39, 0.29) is 11.6 Å². The molecule has 1 unspecified atom stereocenters. The summed E-state index contributed by atoms with van der Waals surface area (Å²) in [7, 11) is -2.37. The molecule has 0 aliphatic carbocycles. The molecular weight excluding hydrogens is 273 g/mol. The number of halogens is 1. The van der Waals surface area contributed by atoms with Gasteiger partial charge in [0, 0.05) is 18.2 Å². The average Bonchev–Trinajstić information content (AvgIpc) is 2.33. The van der Waals surface area contributed by atoms with E-state index in [0.29, 0.717) is 6.54 Å². The zero-order valence-electron chi connectivity index (χ0n) is 10.6. The van der Waals surface area contributed by atoms with E-state index in [9.17, 15) is 17.6 Å². The van der Waals surface area contributed by atoms with Crippen LogP contribution in [0.3, 0.4) is 0 Å². The monoisotopic (exact) mass is 289 g/mol. The summed E-state index contributed by atoms with van der Waals surface area (Å²) in [5.41, 5.74) is 0.0354. The van der Waals surface area contributed by atoms with Crippen molar-refractivity contribution in [1.29, 1.82) is 0 Å². The lowest BCUT2D eigenvalue weighted by atomic mass is 10.2. The normalized spacial score (nSPS) is 13.1. The summed E-state index contributed by atoms with van der Waals surface area (Å²) in [5.74, 6) is -1.53. The van der Waals surface area contributed by atoms with Crippen molar-refractivity contribution in [3.8, 4) is 0 Å². The Balaban J connectivity index is 2.87. The van der Waals surface area contributed by atoms with Gasteiger partial charge in [-0.05, 0) is 32.2 Å². The Kier molecular flexibility index (Phi) is 4.98. The van der Waals surface area contributed by atoms with Crippen LogP contribution < -0.4 is 15.8 Å². The van der Waals surface area contributed by atoms with E-state index in [1.807, 2.05) is 6.92 Å². The molecule has 4 N–H and O–H groups in total. The molecule has 19 heavy (non-hydrogen) atoms. The molecule has 0 saturated carbocycles. The van der Waals surface area contributed by atoms with Gasteiger partial charge < -0.3 is 10.6 Å². The molecule has 8 heteroatoms. The topological polar surface area (TPSA) is 101 Å². The summed E-state index contributed by atoms with van der Waals surface area (Å²) < 4.78 is 35.6. The molecule has 1 aromatic rings. The van der Waals surface area contributed by atoms with Crippen molar-refractivity contribution in [1.82, 2.24) is 10.6 Å². The van der Waals surface area contributed by atoms with Crippen LogP contribution in [0.25, 0.3) is 0 Å². The van der Waals surface area contributed by atoms with Crippen LogP contribution >= 0.6 is 0 Å². The van der Waals surface area contributed by atoms with Crippen molar-refractivity contribution in [3.63, 3.8) is 0 Å². The summed E-state index contributed by atoms with van der Waals surface area (Å²) in [6, 6.07) is 3.10. The standard InChI is InChI=1S/C11H16FN3O3S/c1-7(14-2)6-15-11(16)8-3-4-10(9(12)5-8)19(13,17)18/h3-5,7,14H,6H2,1-2H3,(H,15,16)(H2,13,17,18). The molecular formula is C11H16FN3O3S. The number of hydrogen-bond donors (Lipinski definition) is 3. The quantitative estimate of drug-likeness (QED) is 0.699. The second-order valence-electron chi connectivity index (χ2n) is 4.09. The molecule has 0 spiro atoms. The fraction of sp³-hybridized carbons (Fsp3) is 0.364. The number of carbonyl (C=O) groups is 1. The number of amides is 1. The number of nitrogens with one attached hydrogen (secondary N) is 2. The molecule has 6 nitrogen and oxygen atoms in total. The second-order valence-corrected chi connectivity index (χ2v) is 5.62. The Labute approximate surface area is 111 Å². The fourth-order valence-electron chi connectivity index (χ4n) is 1.32. The first kappa shape index (κ1) is 15.5. The molecule has 106 valence electrons. The largest absolute Gasteiger partial charge is 0.350 e. The highest BCUT2D eigenvalue weighted by Crippen LogP contribution is 2.14. The molecule has 0 fully saturated rings. The number of hydrogen-bond acceptors (Lipinski definition) is 4. The maximum absolute atomic E-state index is 13.5. The maximum Gasteiger partial charge on any atom is 0.251 e. The van der Waals surface area contributed by atoms with Gasteiger partial charge in [0.05, 0.1) is 0 Å². The molecule has 0 saturated heterocycles. The van der Waals surface area contributed by atoms with Gasteiger partial charge in [0.1, 0.15) is 10.7 Å². The van der Waals surface area contributed by atoms with Crippen LogP contribution in [0, 0.1) is 5.82 Å². The summed E-state index contributed by atoms with van der Waals surface area (Å²) in [6.45, 7) is 2.23. The number of benzene rings is 1. The predicted octanol–water partition coefficient (Wildman–Crippen LogP) is -0.189. The van der Waals surface area contributed by atoms with E-state index in [1.165, 1.54) is 6.07 Å². The van der Waals surface area contributed by atoms with Gasteiger partial charge in [-0.15, -0.1) is 0 Å². The Bertz CT molecular complexity index is 575. The van der Waals surface area contributed by atoms with Crippen molar-refractivity contribution in [2.45, 2.75) is 17.9 Å². The molecule has 1 rings (SSSR count). The van der Waals surface area contributed by atoms with E-state index < -0.39 is 26.6 Å². The minimum atomic E-state index is -4.12. The summed E-state index contributed by atoms with van der Waals surface area (Å²) in [5, 5.41) is 10.3. The van der Waals surface area contributed by atoms with Crippen LogP contribution in [-0.4, -0.2) is 34.0 Å². The predicted molar refractivity (Wildman–Crippen MR) is 68.6 cm³/mol. The van der Waals surface area contributed by atoms with Gasteiger partial charge in [-0.1, -0.05) is 0 Å². The third-order valence-corrected chi connectivity index (χ3v) is 3.51. The van der Waals surface area contributed by atoms with Gasteiger partial charge in [-0.2, -0.15) is 0 Å². The molecule has 0 aromatic heterocycles. The first-order valence-electron chi connectivity index (χ1n) is 5.53. The first-order valence-corrected chi connectivity index (χ1v) is 7.08. The van der Waals surface area contributed by atoms with E-state index in [1.54, 1.807) is 7.05 Å². The third-order valence-electron chi connectivity index (χ3n) is 2.56. The summed E-state index contributed by atoms with van der Waals surface area (Å²) in [6.07, 6.45) is 0. The van der Waals surface area contributed by atoms with Crippen molar-refractivity contribution in [2.75, 3.05) is 13.6 Å². The fourth-order valence-corrected chi connectivity index (χ4v) is 1.91. The zero-order chi connectivity index (χ0) is 14.6. The minimum absolute atomic E-state index is 0.0354. The highest BCUT2D eigenvalue weighted by molar-refractivity contribution is 7.89. The van der Waals surface area contributed by atoms with Crippen molar-refractivity contribution in [2.24, 2.45) is 5.14 Å². The van der Waals surface area contributed by atoms with Crippen molar-refractivity contribution < 1.29 is 17.6 Å². The first-order chi connectivity index (χ1) is 8.75. The Morgan fingerprint density at radius 2 is 2.11 bits per heavy atom. The van der Waals surface area contributed by atoms with Gasteiger partial charge in [0.2, 0.25) is 10.0 Å². The van der Waals surface area contributed by atoms with Gasteiger partial charge in [0.25, 0.3) is 5.91 Å². The van der Waals surface area contributed by atoms with Crippen LogP contribution in [0.5, 0.6) is 0 Å². The van der Waals surface area contributed by atoms with Crippen LogP contribution in [0.4, 0.5) is 4.39 Å². The lowest BCUT2D eigenvalue weighted by molar-refractivity contribution is 0.0950.